The van der Waals surface area contributed by atoms with Crippen LogP contribution < -0.4 is 5.73 Å². The molecule has 104 valence electrons. The van der Waals surface area contributed by atoms with Crippen molar-refractivity contribution in [3.63, 3.8) is 0 Å². The van der Waals surface area contributed by atoms with E-state index in [1.165, 1.54) is 5.56 Å². The number of benzene rings is 2. The maximum atomic E-state index is 7.66. The van der Waals surface area contributed by atoms with Crippen LogP contribution in [0.25, 0.3) is 11.1 Å². The number of nitrogens with zero attached hydrogens (tertiary/aromatic N) is 1. The van der Waals surface area contributed by atoms with E-state index in [0.717, 1.165) is 29.8 Å². The zero-order valence-corrected chi connectivity index (χ0v) is 12.1. The Hall–Kier alpha value is -2.13. The average Bonchev–Trinajstić information content (AvgIpc) is 2.48. The molecule has 0 aliphatic rings. The smallest absolute Gasteiger partial charge is 0.123 e. The predicted octanol–water partition coefficient (Wildman–Crippen LogP) is 3.09. The summed E-state index contributed by atoms with van der Waals surface area (Å²) in [5.74, 6) is 0.107. The molecule has 3 N–H and O–H groups in total. The number of hydrogen-bond acceptors (Lipinski definition) is 2. The third-order valence-electron chi connectivity index (χ3n) is 3.47. The van der Waals surface area contributed by atoms with Gasteiger partial charge in [-0.1, -0.05) is 55.5 Å². The molecular formula is C17H21N3. The van der Waals surface area contributed by atoms with Crippen LogP contribution in [-0.4, -0.2) is 24.3 Å². The van der Waals surface area contributed by atoms with E-state index in [1.54, 1.807) is 0 Å². The fourth-order valence-electron chi connectivity index (χ4n) is 2.18. The highest BCUT2D eigenvalue weighted by atomic mass is 15.1. The largest absolute Gasteiger partial charge is 0.384 e. The number of rotatable bonds is 5. The van der Waals surface area contributed by atoms with E-state index >= 15 is 0 Å². The van der Waals surface area contributed by atoms with Gasteiger partial charge in [0.1, 0.15) is 5.84 Å². The van der Waals surface area contributed by atoms with E-state index in [0.29, 0.717) is 0 Å². The summed E-state index contributed by atoms with van der Waals surface area (Å²) in [6, 6.07) is 16.2. The van der Waals surface area contributed by atoms with Gasteiger partial charge in [0.15, 0.2) is 0 Å². The summed E-state index contributed by atoms with van der Waals surface area (Å²) in [5.41, 5.74) is 9.82. The van der Waals surface area contributed by atoms with Gasteiger partial charge in [-0.25, -0.2) is 0 Å². The zero-order valence-electron chi connectivity index (χ0n) is 12.1. The molecule has 0 amide bonds. The van der Waals surface area contributed by atoms with E-state index in [1.807, 2.05) is 24.3 Å². The first kappa shape index (κ1) is 14.3. The first-order valence-corrected chi connectivity index (χ1v) is 6.83. The van der Waals surface area contributed by atoms with E-state index < -0.39 is 0 Å². The lowest BCUT2D eigenvalue weighted by Crippen LogP contribution is -2.16. The van der Waals surface area contributed by atoms with Gasteiger partial charge in [0.05, 0.1) is 0 Å². The molecule has 0 unspecified atom stereocenters. The number of nitrogen functional groups attached to an aromatic ring is 1. The molecule has 0 bridgehead atoms. The molecule has 2 aromatic rings. The van der Waals surface area contributed by atoms with Crippen LogP contribution in [-0.2, 0) is 6.54 Å². The van der Waals surface area contributed by atoms with Crippen LogP contribution in [0.4, 0.5) is 0 Å². The SMILES string of the molecule is CCN(C)Cc1ccc(-c2ccccc2C(=N)N)cc1. The third-order valence-corrected chi connectivity index (χ3v) is 3.47. The molecular weight excluding hydrogens is 246 g/mol. The molecule has 0 saturated carbocycles. The molecule has 0 fully saturated rings. The molecule has 0 aliphatic carbocycles. The Balaban J connectivity index is 2.29. The minimum absolute atomic E-state index is 0.107. The second-order valence-electron chi connectivity index (χ2n) is 4.99. The number of amidine groups is 1. The molecule has 0 aromatic heterocycles. The fourth-order valence-corrected chi connectivity index (χ4v) is 2.18. The van der Waals surface area contributed by atoms with Crippen molar-refractivity contribution in [3.8, 4) is 11.1 Å². The summed E-state index contributed by atoms with van der Waals surface area (Å²) < 4.78 is 0. The Morgan fingerprint density at radius 2 is 1.75 bits per heavy atom. The summed E-state index contributed by atoms with van der Waals surface area (Å²) in [6.07, 6.45) is 0. The molecule has 0 aliphatic heterocycles. The van der Waals surface area contributed by atoms with Crippen molar-refractivity contribution in [2.24, 2.45) is 5.73 Å². The van der Waals surface area contributed by atoms with Crippen molar-refractivity contribution in [1.82, 2.24) is 4.90 Å². The maximum Gasteiger partial charge on any atom is 0.123 e. The van der Waals surface area contributed by atoms with Gasteiger partial charge >= 0.3 is 0 Å². The van der Waals surface area contributed by atoms with Crippen molar-refractivity contribution in [2.45, 2.75) is 13.5 Å². The Kier molecular flexibility index (Phi) is 4.53. The second kappa shape index (κ2) is 6.35. The molecule has 0 heterocycles. The average molecular weight is 267 g/mol. The fraction of sp³-hybridized carbons (Fsp3) is 0.235. The van der Waals surface area contributed by atoms with E-state index in [4.69, 9.17) is 11.1 Å². The van der Waals surface area contributed by atoms with Gasteiger partial charge < -0.3 is 10.6 Å². The van der Waals surface area contributed by atoms with Crippen LogP contribution in [0.3, 0.4) is 0 Å². The van der Waals surface area contributed by atoms with Gasteiger partial charge in [-0.05, 0) is 30.3 Å². The molecule has 0 spiro atoms. The van der Waals surface area contributed by atoms with Gasteiger partial charge in [-0.3, -0.25) is 5.41 Å². The van der Waals surface area contributed by atoms with Gasteiger partial charge in [-0.15, -0.1) is 0 Å². The first-order chi connectivity index (χ1) is 9.61. The molecule has 20 heavy (non-hydrogen) atoms. The van der Waals surface area contributed by atoms with Gasteiger partial charge in [0.25, 0.3) is 0 Å². The van der Waals surface area contributed by atoms with Crippen molar-refractivity contribution >= 4 is 5.84 Å². The lowest BCUT2D eigenvalue weighted by Gasteiger charge is -2.14. The van der Waals surface area contributed by atoms with Crippen LogP contribution >= 0.6 is 0 Å². The van der Waals surface area contributed by atoms with Crippen molar-refractivity contribution in [2.75, 3.05) is 13.6 Å². The monoisotopic (exact) mass is 267 g/mol. The van der Waals surface area contributed by atoms with Crippen LogP contribution in [0, 0.1) is 5.41 Å². The van der Waals surface area contributed by atoms with Crippen LogP contribution in [0.15, 0.2) is 48.5 Å². The Labute approximate surface area is 120 Å². The van der Waals surface area contributed by atoms with Crippen LogP contribution in [0.5, 0.6) is 0 Å². The summed E-state index contributed by atoms with van der Waals surface area (Å²) in [7, 11) is 2.11. The minimum Gasteiger partial charge on any atom is -0.384 e. The molecule has 0 atom stereocenters. The van der Waals surface area contributed by atoms with Gasteiger partial charge in [0, 0.05) is 12.1 Å². The Bertz CT molecular complexity index is 587. The summed E-state index contributed by atoms with van der Waals surface area (Å²) in [6.45, 7) is 4.14. The maximum absolute atomic E-state index is 7.66. The van der Waals surface area contributed by atoms with Crippen molar-refractivity contribution in [1.29, 1.82) is 5.41 Å². The van der Waals surface area contributed by atoms with Crippen molar-refractivity contribution in [3.05, 3.63) is 59.7 Å². The number of hydrogen-bond donors (Lipinski definition) is 2. The predicted molar refractivity (Wildman–Crippen MR) is 84.9 cm³/mol. The van der Waals surface area contributed by atoms with Crippen LogP contribution in [0.2, 0.25) is 0 Å². The summed E-state index contributed by atoms with van der Waals surface area (Å²) in [5, 5.41) is 7.66. The Morgan fingerprint density at radius 1 is 1.10 bits per heavy atom. The highest BCUT2D eigenvalue weighted by Gasteiger charge is 2.07. The zero-order chi connectivity index (χ0) is 14.5. The lowest BCUT2D eigenvalue weighted by atomic mass is 9.98. The van der Waals surface area contributed by atoms with Gasteiger partial charge in [-0.2, -0.15) is 0 Å². The molecule has 2 rings (SSSR count). The first-order valence-electron chi connectivity index (χ1n) is 6.83. The third kappa shape index (κ3) is 3.25. The molecule has 0 radical (unpaired) electrons. The Morgan fingerprint density at radius 3 is 2.35 bits per heavy atom. The number of nitrogens with one attached hydrogen (secondary N) is 1. The molecule has 3 heteroatoms. The van der Waals surface area contributed by atoms with E-state index in [2.05, 4.69) is 43.1 Å². The van der Waals surface area contributed by atoms with Crippen molar-refractivity contribution < 1.29 is 0 Å². The minimum atomic E-state index is 0.107. The standard InChI is InChI=1S/C17H21N3/c1-3-20(2)12-13-8-10-14(11-9-13)15-6-4-5-7-16(15)17(18)19/h4-11H,3,12H2,1-2H3,(H3,18,19). The topological polar surface area (TPSA) is 53.1 Å². The molecule has 0 saturated heterocycles. The quantitative estimate of drug-likeness (QED) is 0.646. The summed E-state index contributed by atoms with van der Waals surface area (Å²) in [4.78, 5) is 2.26. The lowest BCUT2D eigenvalue weighted by molar-refractivity contribution is 0.346. The second-order valence-corrected chi connectivity index (χ2v) is 4.99. The normalized spacial score (nSPS) is 10.8. The van der Waals surface area contributed by atoms with E-state index in [-0.39, 0.29) is 5.84 Å². The van der Waals surface area contributed by atoms with E-state index in [9.17, 15) is 0 Å². The summed E-state index contributed by atoms with van der Waals surface area (Å²) >= 11 is 0. The van der Waals surface area contributed by atoms with Crippen LogP contribution in [0.1, 0.15) is 18.1 Å². The molecule has 2 aromatic carbocycles. The number of nitrogens with two attached hydrogens (primary N) is 1. The molecule has 3 nitrogen and oxygen atoms in total. The highest BCUT2D eigenvalue weighted by Crippen LogP contribution is 2.24. The van der Waals surface area contributed by atoms with Gasteiger partial charge in [0.2, 0.25) is 0 Å². The highest BCUT2D eigenvalue weighted by molar-refractivity contribution is 6.01.